The molecule has 3 rings (SSSR count). The molecule has 1 saturated heterocycles. The molecule has 2 heterocycles. The molecule has 0 bridgehead atoms. The molecule has 0 radical (unpaired) electrons. The maximum atomic E-state index is 13.7. The van der Waals surface area contributed by atoms with Gasteiger partial charge in [0.15, 0.2) is 5.69 Å². The van der Waals surface area contributed by atoms with E-state index in [-0.39, 0.29) is 31.1 Å². The summed E-state index contributed by atoms with van der Waals surface area (Å²) in [5.41, 5.74) is -5.74. The van der Waals surface area contributed by atoms with Gasteiger partial charge in [-0.2, -0.15) is 18.4 Å². The van der Waals surface area contributed by atoms with Crippen LogP contribution in [-0.2, 0) is 17.3 Å². The van der Waals surface area contributed by atoms with Gasteiger partial charge in [-0.3, -0.25) is 0 Å². The highest BCUT2D eigenvalue weighted by Gasteiger charge is 2.43. The van der Waals surface area contributed by atoms with E-state index in [0.717, 1.165) is 0 Å². The van der Waals surface area contributed by atoms with Crippen molar-refractivity contribution >= 4 is 11.5 Å². The van der Waals surface area contributed by atoms with E-state index in [1.54, 1.807) is 6.07 Å². The zero-order chi connectivity index (χ0) is 20.6. The maximum absolute atomic E-state index is 13.7. The number of rotatable bonds is 5. The quantitative estimate of drug-likeness (QED) is 0.569. The van der Waals surface area contributed by atoms with E-state index in [1.165, 1.54) is 0 Å². The van der Waals surface area contributed by atoms with Crippen molar-refractivity contribution in [3.05, 3.63) is 33.8 Å². The Morgan fingerprint density at radius 2 is 2.00 bits per heavy atom. The Labute approximate surface area is 156 Å². The molecule has 0 spiro atoms. The summed E-state index contributed by atoms with van der Waals surface area (Å²) in [6, 6.07) is 1.66. The van der Waals surface area contributed by atoms with Crippen LogP contribution in [0.25, 0.3) is 5.57 Å². The van der Waals surface area contributed by atoms with E-state index >= 15 is 0 Å². The lowest BCUT2D eigenvalue weighted by molar-refractivity contribution is -0.141. The molecule has 1 aromatic rings. The highest BCUT2D eigenvalue weighted by atomic mass is 19.4. The van der Waals surface area contributed by atoms with Crippen LogP contribution in [0.2, 0.25) is 0 Å². The number of alkyl halides is 5. The molecular weight excluding hydrogens is 387 g/mol. The van der Waals surface area contributed by atoms with E-state index < -0.39 is 52.2 Å². The first-order valence-electron chi connectivity index (χ1n) is 8.57. The zero-order valence-electron chi connectivity index (χ0n) is 14.4. The first-order valence-corrected chi connectivity index (χ1v) is 8.57. The topological polar surface area (TPSA) is 83.2 Å². The summed E-state index contributed by atoms with van der Waals surface area (Å²) in [5, 5.41) is 19.0. The van der Waals surface area contributed by atoms with E-state index in [1.807, 2.05) is 0 Å². The Balaban J connectivity index is 2.43. The molecule has 2 fully saturated rings. The molecule has 10 heteroatoms. The maximum Gasteiger partial charge on any atom is 0.434 e. The molecule has 1 aliphatic carbocycles. The summed E-state index contributed by atoms with van der Waals surface area (Å²) >= 11 is 0. The number of ether oxygens (including phenoxy) is 1. The highest BCUT2D eigenvalue weighted by Crippen LogP contribution is 2.44. The number of allylic oxidation sites excluding steroid dienone is 2. The summed E-state index contributed by atoms with van der Waals surface area (Å²) in [7, 11) is 0. The van der Waals surface area contributed by atoms with Crippen LogP contribution in [-0.4, -0.2) is 22.7 Å². The summed E-state index contributed by atoms with van der Waals surface area (Å²) in [6.45, 7) is 0.203. The number of aromatic carboxylic acids is 1. The summed E-state index contributed by atoms with van der Waals surface area (Å²) in [4.78, 5) is 14.7. The number of pyridine rings is 1. The predicted molar refractivity (Wildman–Crippen MR) is 85.3 cm³/mol. The molecule has 0 amide bonds. The van der Waals surface area contributed by atoms with Gasteiger partial charge < -0.3 is 9.84 Å². The summed E-state index contributed by atoms with van der Waals surface area (Å²) in [6.07, 6.45) is -6.87. The van der Waals surface area contributed by atoms with Crippen LogP contribution in [0.5, 0.6) is 0 Å². The standard InChI is InChI=1S/C18H15F5N2O3/c19-16(20)14-13(17(26)27)9(6-8-3-4-8)12(15(25-14)18(21,22)23)10(7-24)11-2-1-5-28-11/h8,16H,1-6H2,(H,26,27)/b11-10-. The number of halogens is 5. The number of carboxylic acid groups (broad SMARTS) is 1. The molecule has 2 aliphatic rings. The first kappa shape index (κ1) is 20.0. The van der Waals surface area contributed by atoms with Gasteiger partial charge in [-0.25, -0.2) is 18.6 Å². The van der Waals surface area contributed by atoms with Gasteiger partial charge in [-0.15, -0.1) is 0 Å². The SMILES string of the molecule is N#C/C(=C1\CCCO1)c1c(C(F)(F)F)nc(C(F)F)c(C(=O)O)c1CC1CC1. The summed E-state index contributed by atoms with van der Waals surface area (Å²) < 4.78 is 73.2. The van der Waals surface area contributed by atoms with Gasteiger partial charge in [0, 0.05) is 12.0 Å². The lowest BCUT2D eigenvalue weighted by Gasteiger charge is -2.21. The third-order valence-corrected chi connectivity index (χ3v) is 4.67. The Bertz CT molecular complexity index is 875. The minimum Gasteiger partial charge on any atom is -0.497 e. The van der Waals surface area contributed by atoms with Gasteiger partial charge in [0.1, 0.15) is 17.5 Å². The Hall–Kier alpha value is -2.70. The van der Waals surface area contributed by atoms with Gasteiger partial charge in [-0.05, 0) is 37.2 Å². The second-order valence-corrected chi connectivity index (χ2v) is 6.69. The van der Waals surface area contributed by atoms with Crippen molar-refractivity contribution in [3.8, 4) is 6.07 Å². The van der Waals surface area contributed by atoms with Crippen LogP contribution < -0.4 is 0 Å². The molecule has 1 aliphatic heterocycles. The van der Waals surface area contributed by atoms with E-state index in [0.29, 0.717) is 19.3 Å². The van der Waals surface area contributed by atoms with Crippen LogP contribution in [0.3, 0.4) is 0 Å². The third-order valence-electron chi connectivity index (χ3n) is 4.67. The van der Waals surface area contributed by atoms with E-state index in [4.69, 9.17) is 4.74 Å². The second-order valence-electron chi connectivity index (χ2n) is 6.69. The normalized spacial score (nSPS) is 18.8. The first-order chi connectivity index (χ1) is 13.1. The Morgan fingerprint density at radius 1 is 1.32 bits per heavy atom. The van der Waals surface area contributed by atoms with Crippen LogP contribution in [0, 0.1) is 17.2 Å². The fourth-order valence-electron chi connectivity index (χ4n) is 3.30. The molecule has 150 valence electrons. The number of carboxylic acids is 1. The average molecular weight is 402 g/mol. The smallest absolute Gasteiger partial charge is 0.434 e. The van der Waals surface area contributed by atoms with Gasteiger partial charge in [0.2, 0.25) is 0 Å². The highest BCUT2D eigenvalue weighted by molar-refractivity contribution is 5.94. The van der Waals surface area contributed by atoms with Gasteiger partial charge in [-0.1, -0.05) is 0 Å². The van der Waals surface area contributed by atoms with Crippen molar-refractivity contribution in [2.45, 2.75) is 44.7 Å². The Morgan fingerprint density at radius 3 is 2.43 bits per heavy atom. The van der Waals surface area contributed by atoms with Crippen LogP contribution >= 0.6 is 0 Å². The fraction of sp³-hybridized carbons (Fsp3) is 0.500. The van der Waals surface area contributed by atoms with Gasteiger partial charge in [0.25, 0.3) is 6.43 Å². The average Bonchev–Trinajstić information content (AvgIpc) is 3.25. The van der Waals surface area contributed by atoms with Gasteiger partial charge in [0.05, 0.1) is 17.7 Å². The van der Waals surface area contributed by atoms with Crippen molar-refractivity contribution in [2.24, 2.45) is 5.92 Å². The number of nitriles is 1. The van der Waals surface area contributed by atoms with Crippen LogP contribution in [0.15, 0.2) is 5.76 Å². The minimum absolute atomic E-state index is 0.00650. The van der Waals surface area contributed by atoms with Crippen LogP contribution in [0.1, 0.15) is 65.0 Å². The fourth-order valence-corrected chi connectivity index (χ4v) is 3.30. The molecule has 1 saturated carbocycles. The van der Waals surface area contributed by atoms with Crippen molar-refractivity contribution in [2.75, 3.05) is 6.61 Å². The molecule has 0 unspecified atom stereocenters. The second kappa shape index (κ2) is 7.37. The number of nitrogens with zero attached hydrogens (tertiary/aromatic N) is 2. The minimum atomic E-state index is -5.16. The molecule has 1 aromatic heterocycles. The number of hydrogen-bond acceptors (Lipinski definition) is 4. The predicted octanol–water partition coefficient (Wildman–Crippen LogP) is 4.73. The van der Waals surface area contributed by atoms with Gasteiger partial charge >= 0.3 is 12.1 Å². The zero-order valence-corrected chi connectivity index (χ0v) is 14.4. The Kier molecular flexibility index (Phi) is 5.28. The number of hydrogen-bond donors (Lipinski definition) is 1. The third kappa shape index (κ3) is 3.79. The van der Waals surface area contributed by atoms with E-state index in [9.17, 15) is 37.1 Å². The molecule has 0 atom stereocenters. The molecule has 28 heavy (non-hydrogen) atoms. The van der Waals surface area contributed by atoms with Crippen molar-refractivity contribution in [3.63, 3.8) is 0 Å². The molecule has 0 aromatic carbocycles. The lowest BCUT2D eigenvalue weighted by Crippen LogP contribution is -2.21. The molecular formula is C18H15F5N2O3. The largest absolute Gasteiger partial charge is 0.497 e. The number of aromatic nitrogens is 1. The van der Waals surface area contributed by atoms with E-state index in [2.05, 4.69) is 4.98 Å². The van der Waals surface area contributed by atoms with Crippen molar-refractivity contribution < 1.29 is 36.6 Å². The van der Waals surface area contributed by atoms with Crippen LogP contribution in [0.4, 0.5) is 22.0 Å². The molecule has 5 nitrogen and oxygen atoms in total. The van der Waals surface area contributed by atoms with Crippen molar-refractivity contribution in [1.29, 1.82) is 5.26 Å². The lowest BCUT2D eigenvalue weighted by atomic mass is 9.88. The van der Waals surface area contributed by atoms with Crippen molar-refractivity contribution in [1.82, 2.24) is 4.98 Å². The number of carbonyl (C=O) groups is 1. The summed E-state index contributed by atoms with van der Waals surface area (Å²) in [5.74, 6) is -1.93. The molecule has 1 N–H and O–H groups in total. The monoisotopic (exact) mass is 402 g/mol.